The van der Waals surface area contributed by atoms with Gasteiger partial charge in [-0.15, -0.1) is 0 Å². The van der Waals surface area contributed by atoms with Crippen LogP contribution in [0.3, 0.4) is 0 Å². The minimum absolute atomic E-state index is 0.528. The van der Waals surface area contributed by atoms with E-state index in [4.69, 9.17) is 5.73 Å². The second kappa shape index (κ2) is 5.84. The van der Waals surface area contributed by atoms with Gasteiger partial charge in [0.25, 0.3) is 0 Å². The second-order valence-electron chi connectivity index (χ2n) is 4.98. The monoisotopic (exact) mass is 234 g/mol. The maximum Gasteiger partial charge on any atom is 0.152 e. The average molecular weight is 234 g/mol. The number of aromatic nitrogens is 2. The summed E-state index contributed by atoms with van der Waals surface area (Å²) in [6.45, 7) is 2.27. The topological polar surface area (TPSA) is 63.8 Å². The Morgan fingerprint density at radius 2 is 2.12 bits per heavy atom. The predicted molar refractivity (Wildman–Crippen MR) is 70.7 cm³/mol. The van der Waals surface area contributed by atoms with E-state index in [1.54, 1.807) is 12.5 Å². The summed E-state index contributed by atoms with van der Waals surface area (Å²) in [5.74, 6) is 1.72. The van der Waals surface area contributed by atoms with Crippen molar-refractivity contribution in [3.63, 3.8) is 0 Å². The van der Waals surface area contributed by atoms with Crippen LogP contribution in [0, 0.1) is 5.92 Å². The Kier molecular flexibility index (Phi) is 4.18. The van der Waals surface area contributed by atoms with Gasteiger partial charge in [-0.05, 0) is 31.6 Å². The van der Waals surface area contributed by atoms with Gasteiger partial charge in [-0.25, -0.2) is 9.97 Å². The first-order valence-electron chi connectivity index (χ1n) is 6.61. The Morgan fingerprint density at radius 3 is 2.76 bits per heavy atom. The lowest BCUT2D eigenvalue weighted by Crippen LogP contribution is -2.27. The Labute approximate surface area is 103 Å². The zero-order valence-corrected chi connectivity index (χ0v) is 10.5. The molecule has 4 nitrogen and oxygen atoms in total. The smallest absolute Gasteiger partial charge is 0.152 e. The van der Waals surface area contributed by atoms with Gasteiger partial charge in [-0.1, -0.05) is 19.8 Å². The predicted octanol–water partition coefficient (Wildman–Crippen LogP) is 2.83. The van der Waals surface area contributed by atoms with Crippen LogP contribution in [0.25, 0.3) is 0 Å². The summed E-state index contributed by atoms with van der Waals surface area (Å²) in [6, 6.07) is 0.528. The number of hydrogen-bond acceptors (Lipinski definition) is 4. The Hall–Kier alpha value is -1.32. The number of nitrogen functional groups attached to an aromatic ring is 1. The van der Waals surface area contributed by atoms with Crippen LogP contribution in [0.15, 0.2) is 12.5 Å². The lowest BCUT2D eigenvalue weighted by Gasteiger charge is -2.29. The number of hydrogen-bond donors (Lipinski definition) is 2. The molecule has 3 N–H and O–H groups in total. The molecule has 4 heteroatoms. The van der Waals surface area contributed by atoms with Crippen molar-refractivity contribution in [1.82, 2.24) is 9.97 Å². The lowest BCUT2D eigenvalue weighted by molar-refractivity contribution is 0.318. The molecule has 17 heavy (non-hydrogen) atoms. The van der Waals surface area contributed by atoms with Crippen LogP contribution in [-0.2, 0) is 0 Å². The van der Waals surface area contributed by atoms with Crippen LogP contribution >= 0.6 is 0 Å². The highest BCUT2D eigenvalue weighted by atomic mass is 15.1. The van der Waals surface area contributed by atoms with Crippen LogP contribution in [0.4, 0.5) is 11.5 Å². The molecule has 1 fully saturated rings. The normalized spacial score (nSPS) is 24.5. The first kappa shape index (κ1) is 12.1. The third kappa shape index (κ3) is 3.32. The zero-order valence-electron chi connectivity index (χ0n) is 10.5. The van der Waals surface area contributed by atoms with Crippen molar-refractivity contribution in [1.29, 1.82) is 0 Å². The van der Waals surface area contributed by atoms with Gasteiger partial charge in [0.2, 0.25) is 0 Å². The fraction of sp³-hybridized carbons (Fsp3) is 0.692. The van der Waals surface area contributed by atoms with Crippen molar-refractivity contribution in [2.45, 2.75) is 51.5 Å². The van der Waals surface area contributed by atoms with E-state index in [0.717, 1.165) is 11.7 Å². The van der Waals surface area contributed by atoms with Crippen molar-refractivity contribution >= 4 is 11.5 Å². The minimum atomic E-state index is 0.528. The van der Waals surface area contributed by atoms with E-state index in [9.17, 15) is 0 Å². The van der Waals surface area contributed by atoms with Crippen molar-refractivity contribution < 1.29 is 0 Å². The number of nitrogens with one attached hydrogen (secondary N) is 1. The first-order valence-corrected chi connectivity index (χ1v) is 6.61. The van der Waals surface area contributed by atoms with Gasteiger partial charge < -0.3 is 11.1 Å². The molecule has 0 saturated heterocycles. The van der Waals surface area contributed by atoms with Gasteiger partial charge in [-0.2, -0.15) is 0 Å². The summed E-state index contributed by atoms with van der Waals surface area (Å²) in [5.41, 5.74) is 6.47. The van der Waals surface area contributed by atoms with E-state index < -0.39 is 0 Å². The fourth-order valence-corrected chi connectivity index (χ4v) is 2.66. The third-order valence-corrected chi connectivity index (χ3v) is 3.63. The molecule has 1 aliphatic carbocycles. The van der Waals surface area contributed by atoms with Gasteiger partial charge >= 0.3 is 0 Å². The summed E-state index contributed by atoms with van der Waals surface area (Å²) in [7, 11) is 0. The van der Waals surface area contributed by atoms with Gasteiger partial charge in [0.15, 0.2) is 5.82 Å². The van der Waals surface area contributed by atoms with Crippen molar-refractivity contribution in [2.24, 2.45) is 5.92 Å². The fourth-order valence-electron chi connectivity index (χ4n) is 2.66. The van der Waals surface area contributed by atoms with E-state index >= 15 is 0 Å². The Bertz CT molecular complexity index is 345. The molecule has 1 aliphatic rings. The lowest BCUT2D eigenvalue weighted by atomic mass is 9.83. The number of anilines is 2. The SMILES string of the molecule is CCCC1CCC(Nc2ncncc2N)CC1. The van der Waals surface area contributed by atoms with Crippen molar-refractivity contribution in [3.05, 3.63) is 12.5 Å². The Balaban J connectivity index is 1.84. The molecule has 0 spiro atoms. The molecule has 1 heterocycles. The van der Waals surface area contributed by atoms with Crippen LogP contribution in [-0.4, -0.2) is 16.0 Å². The molecule has 94 valence electrons. The standard InChI is InChI=1S/C13H22N4/c1-2-3-10-4-6-11(7-5-10)17-13-12(14)8-15-9-16-13/h8-11H,2-7,14H2,1H3,(H,15,16,17). The second-order valence-corrected chi connectivity index (χ2v) is 4.98. The summed E-state index contributed by atoms with van der Waals surface area (Å²) < 4.78 is 0. The van der Waals surface area contributed by atoms with Gasteiger partial charge in [-0.3, -0.25) is 0 Å². The molecule has 0 amide bonds. The minimum Gasteiger partial charge on any atom is -0.394 e. The van der Waals surface area contributed by atoms with Crippen LogP contribution in [0.5, 0.6) is 0 Å². The molecule has 2 rings (SSSR count). The number of nitrogens with zero attached hydrogens (tertiary/aromatic N) is 2. The van der Waals surface area contributed by atoms with Gasteiger partial charge in [0, 0.05) is 6.04 Å². The average Bonchev–Trinajstić information content (AvgIpc) is 2.35. The third-order valence-electron chi connectivity index (χ3n) is 3.63. The van der Waals surface area contributed by atoms with Crippen LogP contribution in [0.1, 0.15) is 45.4 Å². The van der Waals surface area contributed by atoms with Crippen LogP contribution < -0.4 is 11.1 Å². The summed E-state index contributed by atoms with van der Waals surface area (Å²) in [6.07, 6.45) is 11.0. The van der Waals surface area contributed by atoms with E-state index in [1.807, 2.05) is 0 Å². The van der Waals surface area contributed by atoms with Gasteiger partial charge in [0.1, 0.15) is 6.33 Å². The van der Waals surface area contributed by atoms with Crippen molar-refractivity contribution in [2.75, 3.05) is 11.1 Å². The maximum absolute atomic E-state index is 5.83. The van der Waals surface area contributed by atoms with E-state index in [1.165, 1.54) is 38.5 Å². The largest absolute Gasteiger partial charge is 0.394 e. The van der Waals surface area contributed by atoms with E-state index in [0.29, 0.717) is 11.7 Å². The molecule has 0 unspecified atom stereocenters. The highest BCUT2D eigenvalue weighted by Gasteiger charge is 2.21. The Morgan fingerprint density at radius 1 is 1.35 bits per heavy atom. The molecular formula is C13H22N4. The molecule has 0 aromatic carbocycles. The summed E-state index contributed by atoms with van der Waals surface area (Å²) in [5, 5.41) is 3.44. The molecule has 0 radical (unpaired) electrons. The molecule has 1 aromatic heterocycles. The van der Waals surface area contributed by atoms with Gasteiger partial charge in [0.05, 0.1) is 11.9 Å². The van der Waals surface area contributed by atoms with E-state index in [-0.39, 0.29) is 0 Å². The quantitative estimate of drug-likeness (QED) is 0.840. The molecule has 0 aliphatic heterocycles. The van der Waals surface area contributed by atoms with Crippen molar-refractivity contribution in [3.8, 4) is 0 Å². The summed E-state index contributed by atoms with van der Waals surface area (Å²) >= 11 is 0. The first-order chi connectivity index (χ1) is 8.29. The molecule has 0 atom stereocenters. The molecular weight excluding hydrogens is 212 g/mol. The number of rotatable bonds is 4. The van der Waals surface area contributed by atoms with E-state index in [2.05, 4.69) is 22.2 Å². The maximum atomic E-state index is 5.83. The molecule has 1 saturated carbocycles. The molecule has 0 bridgehead atoms. The molecule has 1 aromatic rings. The number of nitrogens with two attached hydrogens (primary N) is 1. The highest BCUT2D eigenvalue weighted by Crippen LogP contribution is 2.29. The summed E-state index contributed by atoms with van der Waals surface area (Å²) in [4.78, 5) is 8.08. The van der Waals surface area contributed by atoms with Crippen LogP contribution in [0.2, 0.25) is 0 Å². The highest BCUT2D eigenvalue weighted by molar-refractivity contribution is 5.59. The zero-order chi connectivity index (χ0) is 12.1.